The third kappa shape index (κ3) is 4.84. The number of nitrogens with one attached hydrogen (secondary N) is 1. The predicted octanol–water partition coefficient (Wildman–Crippen LogP) is 1.35. The topological polar surface area (TPSA) is 72.2 Å². The molecule has 0 fully saturated rings. The Hall–Kier alpha value is -1.92. The van der Waals surface area contributed by atoms with Crippen molar-refractivity contribution in [1.82, 2.24) is 20.1 Å². The zero-order valence-corrected chi connectivity index (χ0v) is 12.5. The monoisotopic (exact) mass is 290 g/mol. The summed E-state index contributed by atoms with van der Waals surface area (Å²) in [5.41, 5.74) is 2.12. The number of nitrogens with zero attached hydrogens (tertiary/aromatic N) is 3. The summed E-state index contributed by atoms with van der Waals surface area (Å²) >= 11 is 0. The van der Waals surface area contributed by atoms with E-state index in [0.29, 0.717) is 25.5 Å². The summed E-state index contributed by atoms with van der Waals surface area (Å²) in [6, 6.07) is 3.91. The van der Waals surface area contributed by atoms with Crippen LogP contribution in [0.5, 0.6) is 5.88 Å². The first-order chi connectivity index (χ1) is 10.2. The van der Waals surface area contributed by atoms with Crippen LogP contribution in [-0.4, -0.2) is 32.6 Å². The molecule has 0 bridgehead atoms. The lowest BCUT2D eigenvalue weighted by Crippen LogP contribution is -2.15. The van der Waals surface area contributed by atoms with Crippen LogP contribution in [0.4, 0.5) is 0 Å². The molecule has 2 N–H and O–H groups in total. The zero-order chi connectivity index (χ0) is 15.1. The number of ether oxygens (including phenoxy) is 1. The van der Waals surface area contributed by atoms with Crippen molar-refractivity contribution >= 4 is 0 Å². The van der Waals surface area contributed by atoms with Crippen molar-refractivity contribution in [1.29, 1.82) is 0 Å². The molecule has 2 rings (SSSR count). The minimum absolute atomic E-state index is 0.0974. The van der Waals surface area contributed by atoms with E-state index in [4.69, 9.17) is 9.84 Å². The Labute approximate surface area is 124 Å². The highest BCUT2D eigenvalue weighted by Crippen LogP contribution is 2.15. The summed E-state index contributed by atoms with van der Waals surface area (Å²) in [4.78, 5) is 4.27. The predicted molar refractivity (Wildman–Crippen MR) is 79.9 cm³/mol. The van der Waals surface area contributed by atoms with Crippen molar-refractivity contribution in [3.8, 4) is 5.88 Å². The first-order valence-corrected chi connectivity index (χ1v) is 7.12. The molecule has 0 aromatic carbocycles. The number of aromatic nitrogens is 3. The first-order valence-electron chi connectivity index (χ1n) is 7.12. The molecule has 0 saturated carbocycles. The molecule has 0 saturated heterocycles. The van der Waals surface area contributed by atoms with Crippen molar-refractivity contribution in [2.75, 3.05) is 6.61 Å². The van der Waals surface area contributed by atoms with Gasteiger partial charge >= 0.3 is 0 Å². The summed E-state index contributed by atoms with van der Waals surface area (Å²) in [5.74, 6) is 0.677. The van der Waals surface area contributed by atoms with E-state index in [2.05, 4.69) is 15.4 Å². The van der Waals surface area contributed by atoms with E-state index in [1.54, 1.807) is 17.1 Å². The fourth-order valence-corrected chi connectivity index (χ4v) is 1.95. The summed E-state index contributed by atoms with van der Waals surface area (Å²) in [5, 5.41) is 16.4. The van der Waals surface area contributed by atoms with Gasteiger partial charge in [0.15, 0.2) is 0 Å². The highest BCUT2D eigenvalue weighted by molar-refractivity contribution is 5.25. The zero-order valence-electron chi connectivity index (χ0n) is 12.5. The molecule has 0 atom stereocenters. The molecule has 114 valence electrons. The van der Waals surface area contributed by atoms with Crippen LogP contribution in [0.3, 0.4) is 0 Å². The van der Waals surface area contributed by atoms with E-state index >= 15 is 0 Å². The molecule has 6 nitrogen and oxygen atoms in total. The fraction of sp³-hybridized carbons (Fsp3) is 0.467. The van der Waals surface area contributed by atoms with E-state index < -0.39 is 0 Å². The SMILES string of the molecule is CC(C)Oc1ncccc1CNCc1cnn(CCO)c1. The van der Waals surface area contributed by atoms with Gasteiger partial charge in [0.25, 0.3) is 0 Å². The van der Waals surface area contributed by atoms with Gasteiger partial charge in [-0.15, -0.1) is 0 Å². The fourth-order valence-electron chi connectivity index (χ4n) is 1.95. The third-order valence-corrected chi connectivity index (χ3v) is 2.86. The second-order valence-corrected chi connectivity index (χ2v) is 5.07. The van der Waals surface area contributed by atoms with Gasteiger partial charge in [0.2, 0.25) is 5.88 Å². The average molecular weight is 290 g/mol. The minimum atomic E-state index is 0.0974. The lowest BCUT2D eigenvalue weighted by Gasteiger charge is -2.13. The summed E-state index contributed by atoms with van der Waals surface area (Å²) < 4.78 is 7.42. The van der Waals surface area contributed by atoms with Crippen molar-refractivity contribution in [2.24, 2.45) is 0 Å². The van der Waals surface area contributed by atoms with Gasteiger partial charge in [-0.1, -0.05) is 6.07 Å². The molecule has 0 aliphatic rings. The van der Waals surface area contributed by atoms with Gasteiger partial charge in [0, 0.05) is 36.6 Å². The van der Waals surface area contributed by atoms with Crippen molar-refractivity contribution in [3.63, 3.8) is 0 Å². The molecule has 21 heavy (non-hydrogen) atoms. The molecule has 2 heterocycles. The Bertz CT molecular complexity index is 554. The summed E-state index contributed by atoms with van der Waals surface area (Å²) in [6.07, 6.45) is 5.57. The molecule has 0 radical (unpaired) electrons. The van der Waals surface area contributed by atoms with Gasteiger partial charge in [-0.3, -0.25) is 4.68 Å². The normalized spacial score (nSPS) is 11.0. The Kier molecular flexibility index (Phi) is 5.71. The largest absolute Gasteiger partial charge is 0.475 e. The van der Waals surface area contributed by atoms with Crippen LogP contribution in [-0.2, 0) is 19.6 Å². The maximum absolute atomic E-state index is 8.86. The van der Waals surface area contributed by atoms with E-state index in [9.17, 15) is 0 Å². The second kappa shape index (κ2) is 7.75. The third-order valence-electron chi connectivity index (χ3n) is 2.86. The molecule has 2 aromatic heterocycles. The Morgan fingerprint density at radius 3 is 3.00 bits per heavy atom. The number of pyridine rings is 1. The van der Waals surface area contributed by atoms with Gasteiger partial charge in [-0.05, 0) is 19.9 Å². The van der Waals surface area contributed by atoms with E-state index in [1.807, 2.05) is 32.2 Å². The van der Waals surface area contributed by atoms with Crippen LogP contribution in [0.15, 0.2) is 30.7 Å². The number of rotatable bonds is 8. The number of aliphatic hydroxyl groups is 1. The van der Waals surface area contributed by atoms with Crippen molar-refractivity contribution in [3.05, 3.63) is 41.9 Å². The molecular formula is C15H22N4O2. The second-order valence-electron chi connectivity index (χ2n) is 5.07. The molecule has 0 aliphatic heterocycles. The van der Waals surface area contributed by atoms with Crippen LogP contribution in [0.25, 0.3) is 0 Å². The summed E-state index contributed by atoms with van der Waals surface area (Å²) in [6.45, 7) is 5.99. The minimum Gasteiger partial charge on any atom is -0.475 e. The lowest BCUT2D eigenvalue weighted by molar-refractivity contribution is 0.229. The Morgan fingerprint density at radius 2 is 2.24 bits per heavy atom. The van der Waals surface area contributed by atoms with Gasteiger partial charge < -0.3 is 15.2 Å². The standard InChI is InChI=1S/C15H22N4O2/c1-12(2)21-15-14(4-3-5-17-15)10-16-8-13-9-18-19(11-13)6-7-20/h3-5,9,11-12,16,20H,6-8,10H2,1-2H3. The smallest absolute Gasteiger partial charge is 0.218 e. The molecule has 0 spiro atoms. The van der Waals surface area contributed by atoms with E-state index in [-0.39, 0.29) is 12.7 Å². The highest BCUT2D eigenvalue weighted by Gasteiger charge is 2.06. The van der Waals surface area contributed by atoms with Crippen LogP contribution < -0.4 is 10.1 Å². The Balaban J connectivity index is 1.87. The van der Waals surface area contributed by atoms with E-state index in [1.165, 1.54) is 0 Å². The quantitative estimate of drug-likeness (QED) is 0.768. The van der Waals surface area contributed by atoms with Crippen LogP contribution >= 0.6 is 0 Å². The first kappa shape index (κ1) is 15.5. The van der Waals surface area contributed by atoms with Gasteiger partial charge in [-0.2, -0.15) is 5.10 Å². The average Bonchev–Trinajstić information content (AvgIpc) is 2.88. The number of aliphatic hydroxyl groups excluding tert-OH is 1. The van der Waals surface area contributed by atoms with E-state index in [0.717, 1.165) is 11.1 Å². The van der Waals surface area contributed by atoms with Crippen molar-refractivity contribution in [2.45, 2.75) is 39.6 Å². The molecular weight excluding hydrogens is 268 g/mol. The number of hydrogen-bond acceptors (Lipinski definition) is 5. The maximum atomic E-state index is 8.86. The van der Waals surface area contributed by atoms with Gasteiger partial charge in [-0.25, -0.2) is 4.98 Å². The lowest BCUT2D eigenvalue weighted by atomic mass is 10.2. The van der Waals surface area contributed by atoms with Crippen LogP contribution in [0, 0.1) is 0 Å². The molecule has 2 aromatic rings. The molecule has 0 amide bonds. The highest BCUT2D eigenvalue weighted by atomic mass is 16.5. The maximum Gasteiger partial charge on any atom is 0.218 e. The van der Waals surface area contributed by atoms with Gasteiger partial charge in [0.05, 0.1) is 25.5 Å². The van der Waals surface area contributed by atoms with Crippen LogP contribution in [0.1, 0.15) is 25.0 Å². The van der Waals surface area contributed by atoms with Crippen LogP contribution in [0.2, 0.25) is 0 Å². The molecule has 0 unspecified atom stereocenters. The van der Waals surface area contributed by atoms with Gasteiger partial charge in [0.1, 0.15) is 0 Å². The molecule has 0 aliphatic carbocycles. The molecule has 6 heteroatoms. The number of hydrogen-bond donors (Lipinski definition) is 2. The summed E-state index contributed by atoms with van der Waals surface area (Å²) in [7, 11) is 0. The Morgan fingerprint density at radius 1 is 1.38 bits per heavy atom. The van der Waals surface area contributed by atoms with Crippen molar-refractivity contribution < 1.29 is 9.84 Å².